The summed E-state index contributed by atoms with van der Waals surface area (Å²) in [5, 5.41) is 0.472. The molecule has 0 aliphatic heterocycles. The molecule has 0 spiro atoms. The van der Waals surface area contributed by atoms with Crippen LogP contribution in [0.3, 0.4) is 0 Å². The minimum atomic E-state index is -3.63. The van der Waals surface area contributed by atoms with Crippen LogP contribution in [0.15, 0.2) is 17.0 Å². The molecule has 0 saturated heterocycles. The van der Waals surface area contributed by atoms with E-state index in [0.717, 1.165) is 0 Å². The van der Waals surface area contributed by atoms with Crippen LogP contribution in [0.25, 0.3) is 0 Å². The fourth-order valence-corrected chi connectivity index (χ4v) is 4.11. The predicted molar refractivity (Wildman–Crippen MR) is 80.7 cm³/mol. The molecule has 0 heterocycles. The van der Waals surface area contributed by atoms with Crippen LogP contribution in [0.2, 0.25) is 10.0 Å². The Labute approximate surface area is 129 Å². The van der Waals surface area contributed by atoms with E-state index in [1.807, 2.05) is 13.8 Å². The van der Waals surface area contributed by atoms with Crippen molar-refractivity contribution < 1.29 is 8.42 Å². The minimum absolute atomic E-state index is 0.0392. The summed E-state index contributed by atoms with van der Waals surface area (Å²) in [6.45, 7) is 4.30. The molecular weight excluding hydrogens is 329 g/mol. The second kappa shape index (κ2) is 6.64. The van der Waals surface area contributed by atoms with E-state index in [2.05, 4.69) is 0 Å². The molecule has 7 heteroatoms. The fourth-order valence-electron chi connectivity index (χ4n) is 1.65. The van der Waals surface area contributed by atoms with Gasteiger partial charge in [0, 0.05) is 24.5 Å². The van der Waals surface area contributed by atoms with Gasteiger partial charge in [-0.15, -0.1) is 11.6 Å². The largest absolute Gasteiger partial charge is 0.244 e. The zero-order valence-electron chi connectivity index (χ0n) is 11.0. The number of hydrogen-bond acceptors (Lipinski definition) is 2. The standard InChI is InChI=1S/C12H16Cl3NO2S/c1-8(2)7-16(3)19(17,18)12-4-9(6-13)10(14)5-11(12)15/h4-5,8H,6-7H2,1-3H3. The third kappa shape index (κ3) is 3.99. The number of rotatable bonds is 5. The lowest BCUT2D eigenvalue weighted by Gasteiger charge is -2.20. The van der Waals surface area contributed by atoms with E-state index in [1.54, 1.807) is 0 Å². The fraction of sp³-hybridized carbons (Fsp3) is 0.500. The molecular formula is C12H16Cl3NO2S. The summed E-state index contributed by atoms with van der Waals surface area (Å²) >= 11 is 17.7. The maximum atomic E-state index is 12.4. The van der Waals surface area contributed by atoms with E-state index < -0.39 is 10.0 Å². The molecule has 0 atom stereocenters. The Balaban J connectivity index is 3.28. The molecule has 0 unspecified atom stereocenters. The van der Waals surface area contributed by atoms with Gasteiger partial charge in [0.25, 0.3) is 0 Å². The van der Waals surface area contributed by atoms with Crippen molar-refractivity contribution in [3.05, 3.63) is 27.7 Å². The highest BCUT2D eigenvalue weighted by atomic mass is 35.5. The predicted octanol–water partition coefficient (Wildman–Crippen LogP) is 4.01. The SMILES string of the molecule is CC(C)CN(C)S(=O)(=O)c1cc(CCl)c(Cl)cc1Cl. The number of hydrogen-bond donors (Lipinski definition) is 0. The molecule has 1 aromatic carbocycles. The van der Waals surface area contributed by atoms with E-state index in [4.69, 9.17) is 34.8 Å². The zero-order chi connectivity index (χ0) is 14.8. The van der Waals surface area contributed by atoms with Gasteiger partial charge >= 0.3 is 0 Å². The molecule has 3 nitrogen and oxygen atoms in total. The Morgan fingerprint density at radius 2 is 1.79 bits per heavy atom. The molecule has 0 amide bonds. The summed E-state index contributed by atoms with van der Waals surface area (Å²) in [5.74, 6) is 0.352. The first kappa shape index (κ1) is 17.1. The van der Waals surface area contributed by atoms with Crippen LogP contribution in [0.4, 0.5) is 0 Å². The van der Waals surface area contributed by atoms with E-state index in [-0.39, 0.29) is 21.7 Å². The summed E-state index contributed by atoms with van der Waals surface area (Å²) in [6, 6.07) is 2.85. The molecule has 0 aliphatic rings. The molecule has 0 fully saturated rings. The Hall–Kier alpha value is -0.000000000000000111. The van der Waals surface area contributed by atoms with Crippen LogP contribution in [0.1, 0.15) is 19.4 Å². The van der Waals surface area contributed by atoms with Crippen LogP contribution >= 0.6 is 34.8 Å². The average molecular weight is 345 g/mol. The van der Waals surface area contributed by atoms with Gasteiger partial charge in [-0.25, -0.2) is 12.7 Å². The van der Waals surface area contributed by atoms with Crippen molar-refractivity contribution in [3.8, 4) is 0 Å². The summed E-state index contributed by atoms with van der Waals surface area (Å²) < 4.78 is 26.1. The number of halogens is 3. The highest BCUT2D eigenvalue weighted by Gasteiger charge is 2.25. The van der Waals surface area contributed by atoms with Crippen molar-refractivity contribution in [2.75, 3.05) is 13.6 Å². The molecule has 1 aromatic rings. The van der Waals surface area contributed by atoms with Gasteiger partial charge in [0.15, 0.2) is 0 Å². The first-order valence-electron chi connectivity index (χ1n) is 5.70. The van der Waals surface area contributed by atoms with E-state index in [1.165, 1.54) is 23.5 Å². The van der Waals surface area contributed by atoms with E-state index in [0.29, 0.717) is 17.1 Å². The number of alkyl halides is 1. The second-order valence-electron chi connectivity index (χ2n) is 4.69. The number of nitrogens with zero attached hydrogens (tertiary/aromatic N) is 1. The van der Waals surface area contributed by atoms with E-state index >= 15 is 0 Å². The molecule has 108 valence electrons. The van der Waals surface area contributed by atoms with Gasteiger partial charge in [-0.1, -0.05) is 37.0 Å². The minimum Gasteiger partial charge on any atom is -0.207 e. The summed E-state index contributed by atoms with van der Waals surface area (Å²) in [5.41, 5.74) is 0.546. The van der Waals surface area contributed by atoms with Crippen molar-refractivity contribution in [2.45, 2.75) is 24.6 Å². The Kier molecular flexibility index (Phi) is 5.96. The van der Waals surface area contributed by atoms with Gasteiger partial charge in [-0.05, 0) is 23.6 Å². The highest BCUT2D eigenvalue weighted by molar-refractivity contribution is 7.89. The molecule has 0 saturated carbocycles. The van der Waals surface area contributed by atoms with Gasteiger partial charge in [0.1, 0.15) is 4.90 Å². The lowest BCUT2D eigenvalue weighted by atomic mass is 10.2. The van der Waals surface area contributed by atoms with Crippen LogP contribution in [-0.2, 0) is 15.9 Å². The lowest BCUT2D eigenvalue weighted by Crippen LogP contribution is -2.30. The average Bonchev–Trinajstić information content (AvgIpc) is 2.27. The molecule has 0 aliphatic carbocycles. The highest BCUT2D eigenvalue weighted by Crippen LogP contribution is 2.31. The summed E-state index contributed by atoms with van der Waals surface area (Å²) in [7, 11) is -2.10. The maximum Gasteiger partial charge on any atom is 0.244 e. The smallest absolute Gasteiger partial charge is 0.207 e. The van der Waals surface area contributed by atoms with Crippen molar-refractivity contribution in [3.63, 3.8) is 0 Å². The van der Waals surface area contributed by atoms with Crippen LogP contribution in [0.5, 0.6) is 0 Å². The normalized spacial score (nSPS) is 12.4. The molecule has 0 radical (unpaired) electrons. The Bertz CT molecular complexity index is 558. The molecule has 19 heavy (non-hydrogen) atoms. The maximum absolute atomic E-state index is 12.4. The van der Waals surface area contributed by atoms with Crippen LogP contribution in [0, 0.1) is 5.92 Å². The van der Waals surface area contributed by atoms with Crippen LogP contribution < -0.4 is 0 Å². The van der Waals surface area contributed by atoms with Gasteiger partial charge in [-0.2, -0.15) is 0 Å². The van der Waals surface area contributed by atoms with Crippen molar-refractivity contribution in [1.82, 2.24) is 4.31 Å². The summed E-state index contributed by atoms with van der Waals surface area (Å²) in [6.07, 6.45) is 0. The number of sulfonamides is 1. The molecule has 0 aromatic heterocycles. The van der Waals surface area contributed by atoms with Gasteiger partial charge < -0.3 is 0 Å². The third-order valence-electron chi connectivity index (χ3n) is 2.56. The lowest BCUT2D eigenvalue weighted by molar-refractivity contribution is 0.417. The van der Waals surface area contributed by atoms with Crippen molar-refractivity contribution in [2.24, 2.45) is 5.92 Å². The third-order valence-corrected chi connectivity index (χ3v) is 5.48. The second-order valence-corrected chi connectivity index (χ2v) is 7.78. The Morgan fingerprint density at radius 3 is 2.26 bits per heavy atom. The zero-order valence-corrected chi connectivity index (χ0v) is 14.0. The van der Waals surface area contributed by atoms with Crippen molar-refractivity contribution >= 4 is 44.8 Å². The monoisotopic (exact) mass is 343 g/mol. The van der Waals surface area contributed by atoms with Gasteiger partial charge in [-0.3, -0.25) is 0 Å². The quantitative estimate of drug-likeness (QED) is 0.757. The van der Waals surface area contributed by atoms with Gasteiger partial charge in [0.2, 0.25) is 10.0 Å². The first-order valence-corrected chi connectivity index (χ1v) is 8.43. The Morgan fingerprint density at radius 1 is 1.21 bits per heavy atom. The molecule has 0 bridgehead atoms. The molecule has 1 rings (SSSR count). The van der Waals surface area contributed by atoms with Crippen molar-refractivity contribution in [1.29, 1.82) is 0 Å². The summed E-state index contributed by atoms with van der Waals surface area (Å²) in [4.78, 5) is 0.0392. The number of benzene rings is 1. The molecule has 0 N–H and O–H groups in total. The van der Waals surface area contributed by atoms with Gasteiger partial charge in [0.05, 0.1) is 5.02 Å². The first-order chi connectivity index (χ1) is 8.70. The topological polar surface area (TPSA) is 37.4 Å². The van der Waals surface area contributed by atoms with E-state index in [9.17, 15) is 8.42 Å². The van der Waals surface area contributed by atoms with Crippen LogP contribution in [-0.4, -0.2) is 26.3 Å².